The molecular weight excluding hydrogens is 414 g/mol. The van der Waals surface area contributed by atoms with Crippen LogP contribution in [0.3, 0.4) is 0 Å². The lowest BCUT2D eigenvalue weighted by atomic mass is 9.06. The second kappa shape index (κ2) is 9.86. The van der Waals surface area contributed by atoms with E-state index in [1.54, 1.807) is 12.1 Å². The molecule has 0 radical (unpaired) electrons. The van der Waals surface area contributed by atoms with E-state index < -0.39 is 10.1 Å². The number of benzene rings is 1. The monoisotopic (exact) mass is 454 g/mol. The van der Waals surface area contributed by atoms with Gasteiger partial charge in [0.05, 0.1) is 11.5 Å². The van der Waals surface area contributed by atoms with Gasteiger partial charge in [-0.05, 0) is 25.5 Å². The zero-order valence-corrected chi connectivity index (χ0v) is 20.7. The topological polar surface area (TPSA) is 43.4 Å². The van der Waals surface area contributed by atoms with Crippen molar-refractivity contribution >= 4 is 23.5 Å². The van der Waals surface area contributed by atoms with Gasteiger partial charge in [-0.15, -0.1) is 0 Å². The number of aryl methyl sites for hydroxylation is 1. The fourth-order valence-corrected chi connectivity index (χ4v) is 9.48. The fraction of sp³-hybridized carbons (Fsp3) is 0.769. The highest BCUT2D eigenvalue weighted by molar-refractivity contribution is 7.86. The number of rotatable bonds is 7. The molecule has 1 aromatic carbocycles. The number of fused-ring (bicyclic) bond motifs is 4. The van der Waals surface area contributed by atoms with Crippen LogP contribution in [0.15, 0.2) is 29.2 Å². The van der Waals surface area contributed by atoms with Crippen molar-refractivity contribution in [1.82, 2.24) is 0 Å². The Morgan fingerprint density at radius 2 is 1.19 bits per heavy atom. The van der Waals surface area contributed by atoms with Gasteiger partial charge in [-0.3, -0.25) is 4.18 Å². The third kappa shape index (κ3) is 4.73. The molecular formula is C26H40B2O3S. The average molecular weight is 454 g/mol. The molecule has 4 aliphatic rings. The molecule has 4 heterocycles. The van der Waals surface area contributed by atoms with Gasteiger partial charge in [-0.2, -0.15) is 8.42 Å². The minimum absolute atomic E-state index is 0.295. The van der Waals surface area contributed by atoms with Gasteiger partial charge in [-0.1, -0.05) is 124 Å². The lowest BCUT2D eigenvalue weighted by Crippen LogP contribution is -2.49. The van der Waals surface area contributed by atoms with E-state index in [9.17, 15) is 8.42 Å². The van der Waals surface area contributed by atoms with E-state index in [0.717, 1.165) is 48.7 Å². The Bertz CT molecular complexity index is 796. The van der Waals surface area contributed by atoms with Crippen LogP contribution in [0.2, 0.25) is 29.0 Å². The van der Waals surface area contributed by atoms with Gasteiger partial charge < -0.3 is 0 Å². The van der Waals surface area contributed by atoms with Crippen LogP contribution in [-0.4, -0.2) is 28.5 Å². The number of hydrogen-bond acceptors (Lipinski definition) is 3. The second-order valence-corrected chi connectivity index (χ2v) is 13.1. The van der Waals surface area contributed by atoms with Crippen LogP contribution in [0.5, 0.6) is 0 Å². The van der Waals surface area contributed by atoms with Crippen LogP contribution >= 0.6 is 0 Å². The average Bonchev–Trinajstić information content (AvgIpc) is 2.76. The number of hydrogen-bond donors (Lipinski definition) is 0. The summed E-state index contributed by atoms with van der Waals surface area (Å²) in [6.45, 7) is 3.96. The summed E-state index contributed by atoms with van der Waals surface area (Å²) in [6.07, 6.45) is 17.8. The van der Waals surface area contributed by atoms with Crippen LogP contribution in [0.25, 0.3) is 0 Å². The zero-order chi connectivity index (χ0) is 22.1. The first-order valence-corrected chi connectivity index (χ1v) is 14.9. The van der Waals surface area contributed by atoms with E-state index in [0.29, 0.717) is 17.2 Å². The van der Waals surface area contributed by atoms with Gasteiger partial charge in [-0.25, -0.2) is 0 Å². The molecule has 0 atom stereocenters. The van der Waals surface area contributed by atoms with Crippen molar-refractivity contribution in [1.29, 1.82) is 0 Å². The lowest BCUT2D eigenvalue weighted by molar-refractivity contribution is 0.310. The van der Waals surface area contributed by atoms with Crippen molar-refractivity contribution in [3.05, 3.63) is 29.8 Å². The van der Waals surface area contributed by atoms with E-state index in [4.69, 9.17) is 4.18 Å². The third-order valence-electron chi connectivity index (χ3n) is 9.76. The van der Waals surface area contributed by atoms with E-state index in [-0.39, 0.29) is 0 Å². The molecule has 4 bridgehead atoms. The molecule has 3 nitrogen and oxygen atoms in total. The quantitative estimate of drug-likeness (QED) is 0.323. The summed E-state index contributed by atoms with van der Waals surface area (Å²) >= 11 is 0. The van der Waals surface area contributed by atoms with E-state index >= 15 is 0 Å². The molecule has 0 aromatic heterocycles. The molecule has 32 heavy (non-hydrogen) atoms. The largest absolute Gasteiger partial charge is 0.296 e. The normalized spacial score (nSPS) is 31.4. The van der Waals surface area contributed by atoms with Crippen molar-refractivity contribution in [3.63, 3.8) is 0 Å². The molecule has 4 saturated heterocycles. The SMILES string of the molecule is Cc1ccc(S(=O)(=O)OCCC(B2C3CCCC2CCC3)B2C3CCCC2CCC3)cc1. The molecule has 6 heteroatoms. The lowest BCUT2D eigenvalue weighted by Gasteiger charge is -2.51. The smallest absolute Gasteiger partial charge is 0.266 e. The molecule has 0 aliphatic carbocycles. The first-order valence-electron chi connectivity index (χ1n) is 13.5. The van der Waals surface area contributed by atoms with Gasteiger partial charge in [0.1, 0.15) is 13.4 Å². The first kappa shape index (κ1) is 23.0. The first-order chi connectivity index (χ1) is 15.5. The zero-order valence-electron chi connectivity index (χ0n) is 19.9. The second-order valence-electron chi connectivity index (χ2n) is 11.5. The maximum atomic E-state index is 12.8. The van der Waals surface area contributed by atoms with Gasteiger partial charge in [0.15, 0.2) is 0 Å². The van der Waals surface area contributed by atoms with Gasteiger partial charge >= 0.3 is 0 Å². The van der Waals surface area contributed by atoms with Gasteiger partial charge in [0.25, 0.3) is 10.1 Å². The molecule has 4 fully saturated rings. The summed E-state index contributed by atoms with van der Waals surface area (Å²) in [5, 5.41) is 0. The van der Waals surface area contributed by atoms with Crippen molar-refractivity contribution in [3.8, 4) is 0 Å². The maximum absolute atomic E-state index is 12.8. The highest BCUT2D eigenvalue weighted by Crippen LogP contribution is 2.57. The molecule has 4 aliphatic heterocycles. The van der Waals surface area contributed by atoms with Crippen molar-refractivity contribution in [2.24, 2.45) is 0 Å². The Morgan fingerprint density at radius 1 is 0.781 bits per heavy atom. The van der Waals surface area contributed by atoms with Crippen molar-refractivity contribution < 1.29 is 12.6 Å². The Kier molecular flexibility index (Phi) is 7.09. The summed E-state index contributed by atoms with van der Waals surface area (Å²) in [4.78, 5) is 0.295. The van der Waals surface area contributed by atoms with Gasteiger partial charge in [0, 0.05) is 0 Å². The minimum atomic E-state index is -3.67. The van der Waals surface area contributed by atoms with E-state index in [2.05, 4.69) is 0 Å². The Morgan fingerprint density at radius 3 is 1.59 bits per heavy atom. The third-order valence-corrected chi connectivity index (χ3v) is 11.1. The summed E-state index contributed by atoms with van der Waals surface area (Å²) < 4.78 is 31.4. The van der Waals surface area contributed by atoms with Crippen LogP contribution in [0.1, 0.15) is 89.0 Å². The maximum Gasteiger partial charge on any atom is 0.296 e. The molecule has 1 aromatic rings. The van der Waals surface area contributed by atoms with Crippen LogP contribution in [0.4, 0.5) is 0 Å². The molecule has 0 saturated carbocycles. The Labute approximate surface area is 196 Å². The standard InChI is InChI=1S/C26H40B2O3S/c1-20-14-16-25(17-15-20)32(29,30)31-19-18-26(27-21-6-2-7-22(27)9-3-8-21)28-23-10-4-11-24(28)13-5-12-23/h14-17,21-24,26H,2-13,18-19H2,1H3. The predicted octanol–water partition coefficient (Wildman–Crippen LogP) is 7.21. The highest BCUT2D eigenvalue weighted by Gasteiger charge is 2.51. The highest BCUT2D eigenvalue weighted by atomic mass is 32.2. The molecule has 0 N–H and O–H groups in total. The van der Waals surface area contributed by atoms with Gasteiger partial charge in [0.2, 0.25) is 0 Å². The molecule has 5 rings (SSSR count). The van der Waals surface area contributed by atoms with Crippen LogP contribution < -0.4 is 0 Å². The summed E-state index contributed by atoms with van der Waals surface area (Å²) in [6, 6.07) is 7.06. The van der Waals surface area contributed by atoms with Crippen LogP contribution in [0, 0.1) is 6.92 Å². The molecule has 0 amide bonds. The summed E-state index contributed by atoms with van der Waals surface area (Å²) in [7, 11) is -3.67. The van der Waals surface area contributed by atoms with Crippen molar-refractivity contribution in [2.75, 3.05) is 6.61 Å². The molecule has 174 valence electrons. The van der Waals surface area contributed by atoms with E-state index in [1.165, 1.54) is 77.0 Å². The van der Waals surface area contributed by atoms with Crippen molar-refractivity contribution in [2.45, 2.75) is 124 Å². The minimum Gasteiger partial charge on any atom is -0.266 e. The fourth-order valence-electron chi connectivity index (χ4n) is 8.56. The molecule has 0 unspecified atom stereocenters. The Balaban J connectivity index is 1.35. The summed E-state index contributed by atoms with van der Waals surface area (Å²) in [5.74, 6) is 3.51. The summed E-state index contributed by atoms with van der Waals surface area (Å²) in [5.41, 5.74) is 1.73. The predicted molar refractivity (Wildman–Crippen MR) is 135 cm³/mol. The van der Waals surface area contributed by atoms with E-state index in [1.807, 2.05) is 19.1 Å². The Hall–Kier alpha value is -0.740. The van der Waals surface area contributed by atoms with Crippen LogP contribution in [-0.2, 0) is 14.3 Å². The molecule has 0 spiro atoms.